The molecule has 0 radical (unpaired) electrons. The van der Waals surface area contributed by atoms with Crippen LogP contribution < -0.4 is 16.4 Å². The first-order valence-corrected chi connectivity index (χ1v) is 19.7. The van der Waals surface area contributed by atoms with Gasteiger partial charge >= 0.3 is 0 Å². The molecule has 55 heavy (non-hydrogen) atoms. The van der Waals surface area contributed by atoms with Gasteiger partial charge in [0.25, 0.3) is 0 Å². The molecule has 1 aliphatic rings. The quantitative estimate of drug-likeness (QED) is 0.0411. The van der Waals surface area contributed by atoms with E-state index in [2.05, 4.69) is 188 Å². The summed E-state index contributed by atoms with van der Waals surface area (Å²) in [5.74, 6) is 0. The number of benzene rings is 5. The van der Waals surface area contributed by atoms with Crippen molar-refractivity contribution in [3.05, 3.63) is 185 Å². The number of hydrogen-bond acceptors (Lipinski definition) is 5. The minimum absolute atomic E-state index is 0.201. The summed E-state index contributed by atoms with van der Waals surface area (Å²) in [4.78, 5) is 0.689. The highest BCUT2D eigenvalue weighted by atomic mass is 32.1. The fourth-order valence-corrected chi connectivity index (χ4v) is 8.34. The van der Waals surface area contributed by atoms with Crippen molar-refractivity contribution in [3.63, 3.8) is 0 Å². The molecule has 2 heterocycles. The highest BCUT2D eigenvalue weighted by Gasteiger charge is 2.33. The molecule has 0 saturated carbocycles. The third kappa shape index (κ3) is 7.03. The smallest absolute Gasteiger partial charge is 0.137 e. The van der Waals surface area contributed by atoms with E-state index in [4.69, 9.17) is 10.2 Å². The predicted molar refractivity (Wildman–Crippen MR) is 236 cm³/mol. The maximum Gasteiger partial charge on any atom is 0.137 e. The monoisotopic (exact) mass is 740 g/mol. The summed E-state index contributed by atoms with van der Waals surface area (Å²) >= 11 is 4.64. The van der Waals surface area contributed by atoms with Gasteiger partial charge in [0.15, 0.2) is 0 Å². The number of thiol groups is 1. The normalized spacial score (nSPS) is 15.9. The lowest BCUT2D eigenvalue weighted by Crippen LogP contribution is -2.47. The van der Waals surface area contributed by atoms with Crippen molar-refractivity contribution in [1.82, 2.24) is 15.2 Å². The van der Waals surface area contributed by atoms with E-state index in [0.29, 0.717) is 11.4 Å². The van der Waals surface area contributed by atoms with Gasteiger partial charge in [0.1, 0.15) is 11.2 Å². The maximum absolute atomic E-state index is 6.81. The Kier molecular flexibility index (Phi) is 10.5. The molecule has 0 spiro atoms. The minimum atomic E-state index is -0.586. The Balaban J connectivity index is 1.28. The molecule has 5 nitrogen and oxygen atoms in total. The number of para-hydroxylation sites is 2. The van der Waals surface area contributed by atoms with Gasteiger partial charge < -0.3 is 14.7 Å². The Morgan fingerprint density at radius 2 is 1.55 bits per heavy atom. The second kappa shape index (κ2) is 15.8. The van der Waals surface area contributed by atoms with E-state index < -0.39 is 5.41 Å². The lowest BCUT2D eigenvalue weighted by atomic mass is 9.73. The zero-order valence-corrected chi connectivity index (χ0v) is 32.4. The zero-order valence-electron chi connectivity index (χ0n) is 31.5. The van der Waals surface area contributed by atoms with E-state index >= 15 is 0 Å². The Hall–Kier alpha value is -5.37. The molecule has 3 atom stereocenters. The van der Waals surface area contributed by atoms with Crippen LogP contribution >= 0.6 is 12.6 Å². The van der Waals surface area contributed by atoms with E-state index in [1.807, 2.05) is 12.1 Å². The van der Waals surface area contributed by atoms with Gasteiger partial charge in [0, 0.05) is 28.1 Å². The molecule has 276 valence electrons. The molecule has 0 aliphatic heterocycles. The number of aromatic nitrogens is 1. The van der Waals surface area contributed by atoms with Gasteiger partial charge in [-0.3, -0.25) is 10.6 Å². The van der Waals surface area contributed by atoms with E-state index in [1.54, 1.807) is 0 Å². The maximum atomic E-state index is 6.81. The second-order valence-corrected chi connectivity index (χ2v) is 15.1. The predicted octanol–water partition coefficient (Wildman–Crippen LogP) is 11.7. The SMILES string of the molecule is C=C(S)/C=C\C(C)(C(=CCC)CNC(NC(N)C1=CCCC=C1)c1ccccc1)c1cccc2oc3cccc(-n4c5ccccc5c5ccccc54)c3c12. The number of fused-ring (bicyclic) bond motifs is 6. The van der Waals surface area contributed by atoms with Gasteiger partial charge in [-0.1, -0.05) is 135 Å². The Morgan fingerprint density at radius 1 is 0.873 bits per heavy atom. The molecule has 1 aliphatic carbocycles. The van der Waals surface area contributed by atoms with Crippen LogP contribution in [0.1, 0.15) is 50.4 Å². The van der Waals surface area contributed by atoms with Crippen molar-refractivity contribution in [2.45, 2.75) is 50.9 Å². The third-order valence-electron chi connectivity index (χ3n) is 11.0. The van der Waals surface area contributed by atoms with Crippen LogP contribution in [0.2, 0.25) is 0 Å². The van der Waals surface area contributed by atoms with E-state index in [1.165, 1.54) is 16.3 Å². The molecule has 5 aromatic carbocycles. The molecule has 4 N–H and O–H groups in total. The number of allylic oxidation sites excluding steroid dienone is 5. The molecule has 7 aromatic rings. The number of hydrogen-bond donors (Lipinski definition) is 4. The summed E-state index contributed by atoms with van der Waals surface area (Å²) in [7, 11) is 0. The van der Waals surface area contributed by atoms with Crippen molar-refractivity contribution in [2.24, 2.45) is 5.73 Å². The summed E-state index contributed by atoms with van der Waals surface area (Å²) in [6.45, 7) is 9.23. The van der Waals surface area contributed by atoms with Gasteiger partial charge in [-0.15, -0.1) is 12.6 Å². The number of nitrogens with two attached hydrogens (primary N) is 1. The first kappa shape index (κ1) is 36.6. The molecule has 3 unspecified atom stereocenters. The van der Waals surface area contributed by atoms with E-state index in [0.717, 1.165) is 74.6 Å². The van der Waals surface area contributed by atoms with Crippen LogP contribution in [0.25, 0.3) is 49.4 Å². The number of nitrogens with zero attached hydrogens (tertiary/aromatic N) is 1. The van der Waals surface area contributed by atoms with Crippen LogP contribution in [0.3, 0.4) is 0 Å². The first-order valence-electron chi connectivity index (χ1n) is 19.2. The first-order chi connectivity index (χ1) is 26.9. The summed E-state index contributed by atoms with van der Waals surface area (Å²) < 4.78 is 9.12. The van der Waals surface area contributed by atoms with Crippen molar-refractivity contribution >= 4 is 56.4 Å². The minimum Gasteiger partial charge on any atom is -0.456 e. The number of furan rings is 1. The topological polar surface area (TPSA) is 68.2 Å². The van der Waals surface area contributed by atoms with Crippen LogP contribution in [-0.4, -0.2) is 17.3 Å². The standard InChI is InChI=1S/C49H48N4OS/c1-4-17-36(32-51-48(35-20-9-6-10-21-35)52-47(50)34-18-7-5-8-19-34)49(3,31-30-33(2)55)39-24-15-28-43-45(39)46-42(27-16-29-44(46)54-43)53-40-25-13-11-22-37(40)38-23-12-14-26-41(38)53/h6-7,9-31,47-48,51-52,55H,2,4-5,8,32,50H2,1,3H3/b31-30-,36-17?. The Bertz CT molecular complexity index is 2590. The molecular formula is C49H48N4OS. The van der Waals surface area contributed by atoms with Crippen LogP contribution in [0.15, 0.2) is 179 Å². The highest BCUT2D eigenvalue weighted by Crippen LogP contribution is 2.45. The van der Waals surface area contributed by atoms with Crippen molar-refractivity contribution < 1.29 is 4.42 Å². The lowest BCUT2D eigenvalue weighted by Gasteiger charge is -2.34. The van der Waals surface area contributed by atoms with Gasteiger partial charge in [-0.25, -0.2) is 0 Å². The number of nitrogens with one attached hydrogen (secondary N) is 2. The molecule has 0 bridgehead atoms. The summed E-state index contributed by atoms with van der Waals surface area (Å²) in [6.07, 6.45) is 15.6. The van der Waals surface area contributed by atoms with Crippen LogP contribution in [-0.2, 0) is 5.41 Å². The van der Waals surface area contributed by atoms with E-state index in [-0.39, 0.29) is 12.3 Å². The fourth-order valence-electron chi connectivity index (χ4n) is 8.27. The van der Waals surface area contributed by atoms with Crippen LogP contribution in [0.5, 0.6) is 0 Å². The molecule has 8 rings (SSSR count). The molecule has 6 heteroatoms. The van der Waals surface area contributed by atoms with Crippen LogP contribution in [0, 0.1) is 0 Å². The van der Waals surface area contributed by atoms with Gasteiger partial charge in [0.2, 0.25) is 0 Å². The van der Waals surface area contributed by atoms with E-state index in [9.17, 15) is 0 Å². The largest absolute Gasteiger partial charge is 0.456 e. The average molecular weight is 741 g/mol. The number of rotatable bonds is 13. The third-order valence-corrected chi connectivity index (χ3v) is 11.1. The molecule has 0 saturated heterocycles. The van der Waals surface area contributed by atoms with Gasteiger partial charge in [-0.05, 0) is 83.7 Å². The Labute approximate surface area is 329 Å². The summed E-state index contributed by atoms with van der Waals surface area (Å²) in [6, 6.07) is 40.6. The highest BCUT2D eigenvalue weighted by molar-refractivity contribution is 7.84. The molecular weight excluding hydrogens is 693 g/mol. The van der Waals surface area contributed by atoms with Crippen molar-refractivity contribution in [1.29, 1.82) is 0 Å². The second-order valence-electron chi connectivity index (χ2n) is 14.5. The van der Waals surface area contributed by atoms with Gasteiger partial charge in [0.05, 0.1) is 34.4 Å². The zero-order chi connectivity index (χ0) is 37.9. The Morgan fingerprint density at radius 3 is 2.22 bits per heavy atom. The molecule has 0 amide bonds. The molecule has 2 aromatic heterocycles. The van der Waals surface area contributed by atoms with Crippen molar-refractivity contribution in [3.8, 4) is 5.69 Å². The lowest BCUT2D eigenvalue weighted by molar-refractivity contribution is 0.412. The van der Waals surface area contributed by atoms with Crippen molar-refractivity contribution in [2.75, 3.05) is 6.54 Å². The van der Waals surface area contributed by atoms with Crippen LogP contribution in [0.4, 0.5) is 0 Å². The fraction of sp³-hybridized carbons (Fsp3) is 0.184. The average Bonchev–Trinajstić information content (AvgIpc) is 3.78. The summed E-state index contributed by atoms with van der Waals surface area (Å²) in [5.41, 5.74) is 15.9. The summed E-state index contributed by atoms with van der Waals surface area (Å²) in [5, 5.41) is 12.2. The molecule has 0 fully saturated rings. The van der Waals surface area contributed by atoms with Gasteiger partial charge in [-0.2, -0.15) is 0 Å².